The predicted molar refractivity (Wildman–Crippen MR) is 49.3 cm³/mol. The van der Waals surface area contributed by atoms with E-state index in [1.807, 2.05) is 0 Å². The van der Waals surface area contributed by atoms with Crippen LogP contribution in [0.25, 0.3) is 0 Å². The average molecular weight is 258 g/mol. The summed E-state index contributed by atoms with van der Waals surface area (Å²) in [7, 11) is 0. The highest BCUT2D eigenvalue weighted by Crippen LogP contribution is 2.40. The van der Waals surface area contributed by atoms with E-state index in [4.69, 9.17) is 11.6 Å². The molecule has 1 heterocycles. The van der Waals surface area contributed by atoms with Crippen molar-refractivity contribution in [3.8, 4) is 0 Å². The summed E-state index contributed by atoms with van der Waals surface area (Å²) in [6.07, 6.45) is -4.90. The molecular weight excluding hydrogens is 251 g/mol. The Hall–Kier alpha value is -1.31. The summed E-state index contributed by atoms with van der Waals surface area (Å²) < 4.78 is 38.0. The molecule has 0 aliphatic rings. The van der Waals surface area contributed by atoms with E-state index < -0.39 is 33.7 Å². The van der Waals surface area contributed by atoms with Crippen molar-refractivity contribution in [2.45, 2.75) is 26.1 Å². The van der Waals surface area contributed by atoms with E-state index in [1.165, 1.54) is 13.8 Å². The third-order valence-electron chi connectivity index (χ3n) is 1.77. The van der Waals surface area contributed by atoms with Gasteiger partial charge in [0.15, 0.2) is 0 Å². The van der Waals surface area contributed by atoms with Gasteiger partial charge in [0.05, 0.1) is 4.92 Å². The summed E-state index contributed by atoms with van der Waals surface area (Å²) >= 11 is 5.48. The van der Waals surface area contributed by atoms with Crippen LogP contribution < -0.4 is 0 Å². The number of nitrogens with zero attached hydrogens (tertiary/aromatic N) is 3. The van der Waals surface area contributed by atoms with E-state index in [9.17, 15) is 23.3 Å². The fourth-order valence-corrected chi connectivity index (χ4v) is 1.49. The van der Waals surface area contributed by atoms with E-state index in [-0.39, 0.29) is 0 Å². The number of hydrogen-bond donors (Lipinski definition) is 0. The van der Waals surface area contributed by atoms with Crippen molar-refractivity contribution in [1.29, 1.82) is 0 Å². The summed E-state index contributed by atoms with van der Waals surface area (Å²) in [5.41, 5.74) is -2.78. The Morgan fingerprint density at radius 2 is 2.00 bits per heavy atom. The summed E-state index contributed by atoms with van der Waals surface area (Å²) in [6.45, 7) is 3.03. The van der Waals surface area contributed by atoms with Crippen molar-refractivity contribution in [1.82, 2.24) is 9.78 Å². The Morgan fingerprint density at radius 3 is 2.25 bits per heavy atom. The van der Waals surface area contributed by atoms with Crippen molar-refractivity contribution in [2.75, 3.05) is 0 Å². The molecule has 0 aliphatic heterocycles. The number of halogens is 4. The number of rotatable bonds is 2. The zero-order valence-electron chi connectivity index (χ0n) is 8.25. The molecule has 5 nitrogen and oxygen atoms in total. The molecule has 0 spiro atoms. The van der Waals surface area contributed by atoms with E-state index >= 15 is 0 Å². The monoisotopic (exact) mass is 257 g/mol. The highest BCUT2D eigenvalue weighted by molar-refractivity contribution is 6.31. The fraction of sp³-hybridized carbons (Fsp3) is 0.571. The molecule has 1 aromatic rings. The molecular formula is C7H7ClF3N3O2. The molecule has 0 aromatic carbocycles. The van der Waals surface area contributed by atoms with Crippen LogP contribution >= 0.6 is 11.6 Å². The van der Waals surface area contributed by atoms with Gasteiger partial charge in [-0.05, 0) is 13.8 Å². The summed E-state index contributed by atoms with van der Waals surface area (Å²) in [4.78, 5) is 9.31. The first-order valence-electron chi connectivity index (χ1n) is 4.15. The minimum Gasteiger partial charge on any atom is -0.258 e. The molecule has 16 heavy (non-hydrogen) atoms. The minimum absolute atomic E-state index is 0.498. The zero-order chi connectivity index (χ0) is 12.7. The molecule has 0 N–H and O–H groups in total. The molecule has 0 fully saturated rings. The largest absolute Gasteiger partial charge is 0.442 e. The van der Waals surface area contributed by atoms with Crippen LogP contribution in [0, 0.1) is 10.1 Å². The standard InChI is InChI=1S/C7H7ClF3N3O2/c1-3(2)13-6(8)4(14(15)16)5(12-13)7(9,10)11/h3H,1-2H3. The highest BCUT2D eigenvalue weighted by atomic mass is 35.5. The first-order chi connectivity index (χ1) is 7.16. The lowest BCUT2D eigenvalue weighted by atomic mass is 10.3. The van der Waals surface area contributed by atoms with E-state index in [0.29, 0.717) is 0 Å². The maximum Gasteiger partial charge on any atom is 0.442 e. The van der Waals surface area contributed by atoms with E-state index in [1.54, 1.807) is 0 Å². The van der Waals surface area contributed by atoms with Crippen molar-refractivity contribution in [3.63, 3.8) is 0 Å². The number of alkyl halides is 3. The molecule has 0 amide bonds. The summed E-state index contributed by atoms with van der Waals surface area (Å²) in [6, 6.07) is -0.498. The molecule has 0 saturated carbocycles. The average Bonchev–Trinajstić information content (AvgIpc) is 2.41. The second kappa shape index (κ2) is 3.93. The SMILES string of the molecule is CC(C)n1nc(C(F)(F)F)c([N+](=O)[O-])c1Cl. The van der Waals surface area contributed by atoms with Gasteiger partial charge < -0.3 is 0 Å². The summed E-state index contributed by atoms with van der Waals surface area (Å²) in [5.74, 6) is 0. The maximum atomic E-state index is 12.4. The topological polar surface area (TPSA) is 61.0 Å². The van der Waals surface area contributed by atoms with Crippen molar-refractivity contribution >= 4 is 17.3 Å². The van der Waals surface area contributed by atoms with Crippen LogP contribution in [-0.2, 0) is 6.18 Å². The van der Waals surface area contributed by atoms with Gasteiger partial charge in [0.1, 0.15) is 0 Å². The Morgan fingerprint density at radius 1 is 1.50 bits per heavy atom. The predicted octanol–water partition coefficient (Wildman–Crippen LogP) is 3.04. The Bertz CT molecular complexity index is 427. The Balaban J connectivity index is 3.50. The van der Waals surface area contributed by atoms with Crippen LogP contribution in [0.2, 0.25) is 5.15 Å². The molecule has 0 radical (unpaired) electrons. The molecule has 0 aliphatic carbocycles. The van der Waals surface area contributed by atoms with Gasteiger partial charge in [-0.15, -0.1) is 0 Å². The molecule has 1 rings (SSSR count). The molecule has 9 heteroatoms. The maximum absolute atomic E-state index is 12.4. The van der Waals surface area contributed by atoms with Crippen molar-refractivity contribution < 1.29 is 18.1 Å². The smallest absolute Gasteiger partial charge is 0.258 e. The fourth-order valence-electron chi connectivity index (χ4n) is 1.10. The van der Waals surface area contributed by atoms with Crippen molar-refractivity contribution in [2.24, 2.45) is 0 Å². The van der Waals surface area contributed by atoms with Gasteiger partial charge in [0.25, 0.3) is 0 Å². The molecule has 0 atom stereocenters. The molecule has 90 valence electrons. The quantitative estimate of drug-likeness (QED) is 0.604. The molecule has 0 unspecified atom stereocenters. The third kappa shape index (κ3) is 2.11. The molecule has 0 bridgehead atoms. The van der Waals surface area contributed by atoms with Crippen molar-refractivity contribution in [3.05, 3.63) is 21.0 Å². The van der Waals surface area contributed by atoms with Crippen LogP contribution in [0.5, 0.6) is 0 Å². The number of nitro groups is 1. The Kier molecular flexibility index (Phi) is 3.13. The van der Waals surface area contributed by atoms with Crippen LogP contribution in [-0.4, -0.2) is 14.7 Å². The third-order valence-corrected chi connectivity index (χ3v) is 2.12. The van der Waals surface area contributed by atoms with Gasteiger partial charge in [-0.2, -0.15) is 18.3 Å². The zero-order valence-corrected chi connectivity index (χ0v) is 9.00. The number of aromatic nitrogens is 2. The van der Waals surface area contributed by atoms with E-state index in [0.717, 1.165) is 4.68 Å². The lowest BCUT2D eigenvalue weighted by Crippen LogP contribution is -2.10. The van der Waals surface area contributed by atoms with Crippen LogP contribution in [0.1, 0.15) is 25.6 Å². The minimum atomic E-state index is -4.90. The summed E-state index contributed by atoms with van der Waals surface area (Å²) in [5, 5.41) is 13.0. The Labute approximate surface area is 93.0 Å². The lowest BCUT2D eigenvalue weighted by molar-refractivity contribution is -0.388. The van der Waals surface area contributed by atoms with Gasteiger partial charge in [-0.25, -0.2) is 4.68 Å². The lowest BCUT2D eigenvalue weighted by Gasteiger charge is -2.04. The van der Waals surface area contributed by atoms with Gasteiger partial charge in [0, 0.05) is 6.04 Å². The second-order valence-electron chi connectivity index (χ2n) is 3.28. The van der Waals surface area contributed by atoms with Gasteiger partial charge >= 0.3 is 11.9 Å². The highest BCUT2D eigenvalue weighted by Gasteiger charge is 2.45. The first kappa shape index (κ1) is 12.8. The normalized spacial score (nSPS) is 12.2. The molecule has 0 saturated heterocycles. The molecule has 1 aromatic heterocycles. The second-order valence-corrected chi connectivity index (χ2v) is 3.64. The van der Waals surface area contributed by atoms with Gasteiger partial charge in [-0.3, -0.25) is 10.1 Å². The first-order valence-corrected chi connectivity index (χ1v) is 4.53. The van der Waals surface area contributed by atoms with Gasteiger partial charge in [-0.1, -0.05) is 11.6 Å². The number of hydrogen-bond acceptors (Lipinski definition) is 3. The van der Waals surface area contributed by atoms with Crippen LogP contribution in [0.15, 0.2) is 0 Å². The van der Waals surface area contributed by atoms with Crippen LogP contribution in [0.3, 0.4) is 0 Å². The van der Waals surface area contributed by atoms with Crippen LogP contribution in [0.4, 0.5) is 18.9 Å². The van der Waals surface area contributed by atoms with E-state index in [2.05, 4.69) is 5.10 Å². The van der Waals surface area contributed by atoms with Gasteiger partial charge in [0.2, 0.25) is 10.8 Å².